The molecule has 1 aliphatic heterocycles. The molecule has 1 aliphatic rings. The Kier molecular flexibility index (Phi) is 3.75. The lowest BCUT2D eigenvalue weighted by atomic mass is 10.1. The summed E-state index contributed by atoms with van der Waals surface area (Å²) in [5, 5.41) is 1.74. The third-order valence-corrected chi connectivity index (χ3v) is 2.90. The average Bonchev–Trinajstić information content (AvgIpc) is 2.31. The Bertz CT molecular complexity index is 397. The molecule has 1 aromatic rings. The minimum Gasteiger partial charge on any atom is -0.319 e. The molecule has 0 amide bonds. The minimum absolute atomic E-state index is 0.377. The summed E-state index contributed by atoms with van der Waals surface area (Å²) in [6, 6.07) is 5.00. The highest BCUT2D eigenvalue weighted by Gasteiger charge is 2.30. The Hall–Kier alpha value is -1.30. The van der Waals surface area contributed by atoms with Crippen LogP contribution < -0.4 is 5.43 Å². The van der Waals surface area contributed by atoms with Crippen molar-refractivity contribution in [2.45, 2.75) is 25.2 Å². The first-order chi connectivity index (χ1) is 8.45. The van der Waals surface area contributed by atoms with Crippen LogP contribution in [-0.4, -0.2) is 24.3 Å². The summed E-state index contributed by atoms with van der Waals surface area (Å²) in [4.78, 5) is 0. The smallest absolute Gasteiger partial charge is 0.319 e. The van der Waals surface area contributed by atoms with Crippen LogP contribution in [0.4, 0.5) is 23.2 Å². The molecule has 0 bridgehead atoms. The second-order valence-corrected chi connectivity index (χ2v) is 4.35. The van der Waals surface area contributed by atoms with Gasteiger partial charge in [-0.2, -0.15) is 13.2 Å². The predicted octanol–water partition coefficient (Wildman–Crippen LogP) is 3.47. The van der Waals surface area contributed by atoms with Crippen molar-refractivity contribution in [3.8, 4) is 0 Å². The van der Waals surface area contributed by atoms with Gasteiger partial charge in [0, 0.05) is 18.8 Å². The van der Waals surface area contributed by atoms with E-state index in [1.54, 1.807) is 11.1 Å². The summed E-state index contributed by atoms with van der Waals surface area (Å²) in [5.41, 5.74) is 2.57. The third kappa shape index (κ3) is 3.35. The molecule has 100 valence electrons. The highest BCUT2D eigenvalue weighted by Crippen LogP contribution is 2.30. The van der Waals surface area contributed by atoms with Gasteiger partial charge >= 0.3 is 6.18 Å². The molecule has 1 aromatic carbocycles. The standard InChI is InChI=1S/C12H14F4N2/c13-10-4-6-18(7-5-10)17-11-3-1-2-9(8-11)12(14,15)16/h1-3,8,10,17H,4-7H2. The van der Waals surface area contributed by atoms with Gasteiger partial charge < -0.3 is 5.43 Å². The largest absolute Gasteiger partial charge is 0.416 e. The van der Waals surface area contributed by atoms with Gasteiger partial charge in [-0.05, 0) is 31.0 Å². The SMILES string of the molecule is FC1CCN(Nc2cccc(C(F)(F)F)c2)CC1. The van der Waals surface area contributed by atoms with Crippen molar-refractivity contribution in [1.82, 2.24) is 5.01 Å². The Morgan fingerprint density at radius 1 is 1.17 bits per heavy atom. The normalized spacial score (nSPS) is 18.9. The van der Waals surface area contributed by atoms with Crippen LogP contribution in [-0.2, 0) is 6.18 Å². The van der Waals surface area contributed by atoms with E-state index in [0.717, 1.165) is 12.1 Å². The molecule has 0 radical (unpaired) electrons. The van der Waals surface area contributed by atoms with Crippen LogP contribution in [0.1, 0.15) is 18.4 Å². The van der Waals surface area contributed by atoms with Gasteiger partial charge in [0.1, 0.15) is 6.17 Å². The number of hydrogen-bond donors (Lipinski definition) is 1. The highest BCUT2D eigenvalue weighted by molar-refractivity contribution is 5.45. The van der Waals surface area contributed by atoms with E-state index in [4.69, 9.17) is 0 Å². The second-order valence-electron chi connectivity index (χ2n) is 4.35. The maximum Gasteiger partial charge on any atom is 0.416 e. The molecule has 18 heavy (non-hydrogen) atoms. The number of rotatable bonds is 2. The molecule has 0 unspecified atom stereocenters. The van der Waals surface area contributed by atoms with Gasteiger partial charge in [-0.25, -0.2) is 9.40 Å². The summed E-state index contributed by atoms with van der Waals surface area (Å²) in [6.45, 7) is 0.995. The number of nitrogens with zero attached hydrogens (tertiary/aromatic N) is 1. The maximum absolute atomic E-state index is 12.9. The third-order valence-electron chi connectivity index (χ3n) is 2.90. The Morgan fingerprint density at radius 3 is 2.44 bits per heavy atom. The fraction of sp³-hybridized carbons (Fsp3) is 0.500. The van der Waals surface area contributed by atoms with Crippen LogP contribution in [0.5, 0.6) is 0 Å². The van der Waals surface area contributed by atoms with Gasteiger partial charge in [-0.15, -0.1) is 0 Å². The molecule has 0 atom stereocenters. The lowest BCUT2D eigenvalue weighted by Crippen LogP contribution is -2.38. The molecule has 6 heteroatoms. The topological polar surface area (TPSA) is 15.3 Å². The predicted molar refractivity (Wildman–Crippen MR) is 60.8 cm³/mol. The molecule has 2 rings (SSSR count). The lowest BCUT2D eigenvalue weighted by Gasteiger charge is -2.29. The van der Waals surface area contributed by atoms with E-state index in [9.17, 15) is 17.6 Å². The zero-order valence-corrected chi connectivity index (χ0v) is 9.67. The number of hydrazine groups is 1. The van der Waals surface area contributed by atoms with Crippen LogP contribution in [0.2, 0.25) is 0 Å². The van der Waals surface area contributed by atoms with Crippen molar-refractivity contribution in [3.05, 3.63) is 29.8 Å². The number of anilines is 1. The monoisotopic (exact) mass is 262 g/mol. The number of halogens is 4. The van der Waals surface area contributed by atoms with Crippen molar-refractivity contribution in [2.24, 2.45) is 0 Å². The molecule has 0 spiro atoms. The fourth-order valence-corrected chi connectivity index (χ4v) is 1.91. The first kappa shape index (κ1) is 13.1. The average molecular weight is 262 g/mol. The Labute approximate surface area is 103 Å². The number of hydrogen-bond acceptors (Lipinski definition) is 2. The molecule has 1 saturated heterocycles. The molecule has 0 aromatic heterocycles. The quantitative estimate of drug-likeness (QED) is 0.821. The van der Waals surface area contributed by atoms with Gasteiger partial charge in [-0.3, -0.25) is 0 Å². The number of alkyl halides is 4. The van der Waals surface area contributed by atoms with Crippen molar-refractivity contribution < 1.29 is 17.6 Å². The lowest BCUT2D eigenvalue weighted by molar-refractivity contribution is -0.137. The molecular weight excluding hydrogens is 248 g/mol. The Balaban J connectivity index is 2.01. The van der Waals surface area contributed by atoms with Crippen LogP contribution >= 0.6 is 0 Å². The second kappa shape index (κ2) is 5.14. The van der Waals surface area contributed by atoms with Gasteiger partial charge in [0.25, 0.3) is 0 Å². The van der Waals surface area contributed by atoms with E-state index in [-0.39, 0.29) is 0 Å². The molecule has 0 saturated carbocycles. The van der Waals surface area contributed by atoms with Gasteiger partial charge in [-0.1, -0.05) is 6.07 Å². The van der Waals surface area contributed by atoms with Crippen LogP contribution in [0.3, 0.4) is 0 Å². The molecule has 1 fully saturated rings. The van der Waals surface area contributed by atoms with E-state index in [1.807, 2.05) is 0 Å². The minimum atomic E-state index is -4.34. The number of benzene rings is 1. The van der Waals surface area contributed by atoms with Crippen molar-refractivity contribution in [2.75, 3.05) is 18.5 Å². The molecule has 2 nitrogen and oxygen atoms in total. The molecule has 0 aliphatic carbocycles. The zero-order chi connectivity index (χ0) is 13.2. The summed E-state index contributed by atoms with van der Waals surface area (Å²) in [5.74, 6) is 0. The van der Waals surface area contributed by atoms with Crippen LogP contribution in [0.15, 0.2) is 24.3 Å². The molecular formula is C12H14F4N2. The molecule has 1 N–H and O–H groups in total. The maximum atomic E-state index is 12.9. The van der Waals surface area contributed by atoms with E-state index in [0.29, 0.717) is 31.6 Å². The van der Waals surface area contributed by atoms with Gasteiger partial charge in [0.2, 0.25) is 0 Å². The fourth-order valence-electron chi connectivity index (χ4n) is 1.91. The summed E-state index contributed by atoms with van der Waals surface area (Å²) >= 11 is 0. The number of piperidine rings is 1. The summed E-state index contributed by atoms with van der Waals surface area (Å²) in [6.07, 6.45) is -4.33. The van der Waals surface area contributed by atoms with Gasteiger partial charge in [0.05, 0.1) is 5.56 Å². The van der Waals surface area contributed by atoms with Crippen molar-refractivity contribution in [3.63, 3.8) is 0 Å². The first-order valence-corrected chi connectivity index (χ1v) is 5.78. The van der Waals surface area contributed by atoms with Gasteiger partial charge in [0.15, 0.2) is 0 Å². The van der Waals surface area contributed by atoms with Crippen LogP contribution in [0, 0.1) is 0 Å². The van der Waals surface area contributed by atoms with E-state index in [1.165, 1.54) is 6.07 Å². The van der Waals surface area contributed by atoms with E-state index >= 15 is 0 Å². The van der Waals surface area contributed by atoms with Crippen molar-refractivity contribution >= 4 is 5.69 Å². The Morgan fingerprint density at radius 2 is 1.83 bits per heavy atom. The zero-order valence-electron chi connectivity index (χ0n) is 9.67. The van der Waals surface area contributed by atoms with E-state index < -0.39 is 17.9 Å². The highest BCUT2D eigenvalue weighted by atomic mass is 19.4. The van der Waals surface area contributed by atoms with Crippen molar-refractivity contribution in [1.29, 1.82) is 0 Å². The number of nitrogens with one attached hydrogen (secondary N) is 1. The van der Waals surface area contributed by atoms with E-state index in [2.05, 4.69) is 5.43 Å². The summed E-state index contributed by atoms with van der Waals surface area (Å²) < 4.78 is 50.4. The molecule has 1 heterocycles. The summed E-state index contributed by atoms with van der Waals surface area (Å²) in [7, 11) is 0. The first-order valence-electron chi connectivity index (χ1n) is 5.78. The van der Waals surface area contributed by atoms with Crippen LogP contribution in [0.25, 0.3) is 0 Å².